The van der Waals surface area contributed by atoms with Crippen molar-refractivity contribution in [3.05, 3.63) is 68.8 Å². The monoisotopic (exact) mass is 552 g/mol. The number of ether oxygens (including phenoxy) is 1. The van der Waals surface area contributed by atoms with Gasteiger partial charge < -0.3 is 24.2 Å². The fraction of sp³-hybridized carbons (Fsp3) is 0.429. The van der Waals surface area contributed by atoms with Gasteiger partial charge in [0.05, 0.1) is 18.2 Å². The Bertz CT molecular complexity index is 1510. The third kappa shape index (κ3) is 4.53. The van der Waals surface area contributed by atoms with Gasteiger partial charge in [0.2, 0.25) is 5.43 Å². The summed E-state index contributed by atoms with van der Waals surface area (Å²) in [7, 11) is 1.60. The summed E-state index contributed by atoms with van der Waals surface area (Å²) >= 11 is 1.27. The van der Waals surface area contributed by atoms with E-state index in [0.717, 1.165) is 23.3 Å². The lowest BCUT2D eigenvalue weighted by molar-refractivity contribution is -0.153. The number of amides is 2. The molecular weight excluding hydrogens is 523 g/mol. The molecule has 1 aliphatic carbocycles. The van der Waals surface area contributed by atoms with Crippen molar-refractivity contribution in [3.8, 4) is 16.3 Å². The van der Waals surface area contributed by atoms with Gasteiger partial charge in [0.15, 0.2) is 11.4 Å². The van der Waals surface area contributed by atoms with Crippen LogP contribution in [0.5, 0.6) is 5.75 Å². The van der Waals surface area contributed by atoms with E-state index in [-0.39, 0.29) is 35.6 Å². The van der Waals surface area contributed by atoms with Crippen LogP contribution in [0.25, 0.3) is 10.6 Å². The molecular formula is C28H29FN4O5S. The van der Waals surface area contributed by atoms with E-state index >= 15 is 0 Å². The Hall–Kier alpha value is -3.57. The first-order valence-corrected chi connectivity index (χ1v) is 13.8. The molecule has 1 N–H and O–H groups in total. The molecule has 1 aromatic carbocycles. The number of hydrogen-bond acceptors (Lipinski definition) is 7. The number of aromatic nitrogens is 2. The second kappa shape index (κ2) is 9.56. The number of pyridine rings is 1. The van der Waals surface area contributed by atoms with Crippen LogP contribution in [0.15, 0.2) is 41.5 Å². The first-order chi connectivity index (χ1) is 18.7. The van der Waals surface area contributed by atoms with Crippen molar-refractivity contribution >= 4 is 23.2 Å². The van der Waals surface area contributed by atoms with Crippen molar-refractivity contribution in [1.82, 2.24) is 19.4 Å². The van der Waals surface area contributed by atoms with Crippen LogP contribution >= 0.6 is 11.3 Å². The van der Waals surface area contributed by atoms with E-state index in [4.69, 9.17) is 4.74 Å². The van der Waals surface area contributed by atoms with Gasteiger partial charge in [-0.2, -0.15) is 0 Å². The van der Waals surface area contributed by atoms with Gasteiger partial charge in [-0.3, -0.25) is 14.4 Å². The molecule has 1 saturated heterocycles. The summed E-state index contributed by atoms with van der Waals surface area (Å²) in [6.45, 7) is 3.25. The van der Waals surface area contributed by atoms with Gasteiger partial charge in [-0.15, -0.1) is 11.3 Å². The quantitative estimate of drug-likeness (QED) is 0.484. The Morgan fingerprint density at radius 3 is 2.62 bits per heavy atom. The van der Waals surface area contributed by atoms with Crippen molar-refractivity contribution in [2.24, 2.45) is 5.92 Å². The fourth-order valence-corrected chi connectivity index (χ4v) is 6.31. The van der Waals surface area contributed by atoms with Gasteiger partial charge in [0.25, 0.3) is 11.8 Å². The molecule has 11 heteroatoms. The van der Waals surface area contributed by atoms with Crippen LogP contribution < -0.4 is 5.43 Å². The molecule has 0 unspecified atom stereocenters. The number of methoxy groups -OCH3 is 1. The minimum absolute atomic E-state index is 0.0439. The summed E-state index contributed by atoms with van der Waals surface area (Å²) in [6, 6.07) is 6.15. The van der Waals surface area contributed by atoms with Crippen LogP contribution in [0.4, 0.5) is 4.39 Å². The van der Waals surface area contributed by atoms with Crippen molar-refractivity contribution in [3.63, 3.8) is 0 Å². The maximum Gasteiger partial charge on any atom is 0.274 e. The fourth-order valence-electron chi connectivity index (χ4n) is 5.36. The average Bonchev–Trinajstić information content (AvgIpc) is 3.59. The van der Waals surface area contributed by atoms with E-state index in [2.05, 4.69) is 4.98 Å². The zero-order valence-electron chi connectivity index (χ0n) is 21.7. The number of fused-ring (bicyclic) bond motifs is 1. The smallest absolute Gasteiger partial charge is 0.274 e. The molecule has 2 fully saturated rings. The largest absolute Gasteiger partial charge is 0.503 e. The first kappa shape index (κ1) is 25.7. The number of aromatic hydroxyl groups is 1. The number of benzene rings is 1. The molecule has 0 bridgehead atoms. The highest BCUT2D eigenvalue weighted by Gasteiger charge is 2.50. The molecule has 2 aromatic heterocycles. The molecule has 9 nitrogen and oxygen atoms in total. The Balaban J connectivity index is 1.40. The summed E-state index contributed by atoms with van der Waals surface area (Å²) < 4.78 is 20.1. The van der Waals surface area contributed by atoms with E-state index in [1.165, 1.54) is 34.2 Å². The zero-order valence-corrected chi connectivity index (χ0v) is 22.5. The van der Waals surface area contributed by atoms with Crippen LogP contribution in [0.2, 0.25) is 0 Å². The number of halogens is 1. The first-order valence-electron chi connectivity index (χ1n) is 13.0. The second-order valence-corrected chi connectivity index (χ2v) is 12.0. The molecule has 4 heterocycles. The molecule has 3 aliphatic rings. The highest BCUT2D eigenvalue weighted by molar-refractivity contribution is 7.15. The van der Waals surface area contributed by atoms with Crippen LogP contribution in [0, 0.1) is 11.7 Å². The second-order valence-electron chi connectivity index (χ2n) is 10.8. The lowest BCUT2D eigenvalue weighted by Crippen LogP contribution is -2.65. The highest BCUT2D eigenvalue weighted by atomic mass is 32.1. The van der Waals surface area contributed by atoms with E-state index in [9.17, 15) is 23.9 Å². The molecule has 1 atom stereocenters. The number of nitrogens with zero attached hydrogens (tertiary/aromatic N) is 4. The average molecular weight is 553 g/mol. The zero-order chi connectivity index (χ0) is 27.5. The number of hydrogen-bond donors (Lipinski definition) is 1. The minimum atomic E-state index is -1.23. The summed E-state index contributed by atoms with van der Waals surface area (Å²) in [6.07, 6.45) is 5.61. The molecule has 0 spiro atoms. The molecule has 2 aliphatic heterocycles. The van der Waals surface area contributed by atoms with Gasteiger partial charge in [0.1, 0.15) is 16.4 Å². The molecule has 6 rings (SSSR count). The number of thiazole rings is 1. The summed E-state index contributed by atoms with van der Waals surface area (Å²) in [5.74, 6) is -1.28. The topological polar surface area (TPSA) is 105 Å². The normalized spacial score (nSPS) is 21.2. The van der Waals surface area contributed by atoms with Crippen LogP contribution in [-0.2, 0) is 21.5 Å². The predicted octanol–water partition coefficient (Wildman–Crippen LogP) is 2.85. The number of carbonyl (C=O) groups is 2. The number of carbonyl (C=O) groups excluding carboxylic acids is 2. The molecule has 1 saturated carbocycles. The third-order valence-corrected chi connectivity index (χ3v) is 8.91. The van der Waals surface area contributed by atoms with Gasteiger partial charge in [-0.05, 0) is 43.4 Å². The molecule has 39 heavy (non-hydrogen) atoms. The van der Waals surface area contributed by atoms with Crippen LogP contribution in [0.1, 0.15) is 40.7 Å². The van der Waals surface area contributed by atoms with Gasteiger partial charge in [0, 0.05) is 50.4 Å². The Morgan fingerprint density at radius 2 is 1.95 bits per heavy atom. The maximum atomic E-state index is 13.9. The van der Waals surface area contributed by atoms with Crippen molar-refractivity contribution in [1.29, 1.82) is 0 Å². The van der Waals surface area contributed by atoms with Gasteiger partial charge >= 0.3 is 0 Å². The summed E-state index contributed by atoms with van der Waals surface area (Å²) in [5, 5.41) is 11.5. The van der Waals surface area contributed by atoms with Crippen LogP contribution in [-0.4, -0.2) is 75.7 Å². The molecule has 2 amide bonds. The molecule has 0 radical (unpaired) electrons. The van der Waals surface area contributed by atoms with E-state index in [1.54, 1.807) is 42.2 Å². The third-order valence-electron chi connectivity index (χ3n) is 7.88. The molecule has 204 valence electrons. The van der Waals surface area contributed by atoms with Crippen molar-refractivity contribution in [2.45, 2.75) is 37.8 Å². The van der Waals surface area contributed by atoms with E-state index in [1.807, 2.05) is 0 Å². The van der Waals surface area contributed by atoms with Crippen molar-refractivity contribution < 1.29 is 23.8 Å². The summed E-state index contributed by atoms with van der Waals surface area (Å²) in [4.78, 5) is 49.3. The minimum Gasteiger partial charge on any atom is -0.503 e. The van der Waals surface area contributed by atoms with Crippen molar-refractivity contribution in [2.75, 3.05) is 33.3 Å². The molecule has 3 aromatic rings. The SMILES string of the molecule is COC1CN(C(=O)[C@@]2(C)CN(CC3CC3)C(=O)c3c(O)c(=O)c(-c4ncc(Cc5ccc(F)cc5)s4)cn32)C1. The maximum absolute atomic E-state index is 13.9. The van der Waals surface area contributed by atoms with E-state index in [0.29, 0.717) is 37.0 Å². The lowest BCUT2D eigenvalue weighted by atomic mass is 9.91. The lowest BCUT2D eigenvalue weighted by Gasteiger charge is -2.48. The Kier molecular flexibility index (Phi) is 6.30. The Labute approximate surface area is 228 Å². The van der Waals surface area contributed by atoms with E-state index < -0.39 is 22.6 Å². The number of rotatable bonds is 7. The summed E-state index contributed by atoms with van der Waals surface area (Å²) in [5.41, 5.74) is -1.10. The van der Waals surface area contributed by atoms with Gasteiger partial charge in [-0.1, -0.05) is 12.1 Å². The Morgan fingerprint density at radius 1 is 1.23 bits per heavy atom. The predicted molar refractivity (Wildman–Crippen MR) is 142 cm³/mol. The van der Waals surface area contributed by atoms with Gasteiger partial charge in [-0.25, -0.2) is 9.37 Å². The number of likely N-dealkylation sites (tertiary alicyclic amines) is 1. The standard InChI is InChI=1S/C28H29FN4O5S/c1-28(27(37)31-12-19(13-31)38-2)15-32(11-17-3-4-17)26(36)22-24(35)23(34)21(14-33(22)28)25-30-10-20(39-25)9-16-5-7-18(29)8-6-16/h5-8,10,14,17,19,35H,3-4,9,11-13,15H2,1-2H3/t28-/m1/s1. The van der Waals surface area contributed by atoms with Crippen LogP contribution in [0.3, 0.4) is 0 Å². The highest BCUT2D eigenvalue weighted by Crippen LogP contribution is 2.38.